The highest BCUT2D eigenvalue weighted by Crippen LogP contribution is 2.18. The van der Waals surface area contributed by atoms with Gasteiger partial charge in [-0.05, 0) is 44.1 Å². The molecule has 0 aliphatic carbocycles. The average Bonchev–Trinajstić information content (AvgIpc) is 3.12. The van der Waals surface area contributed by atoms with Crippen LogP contribution < -0.4 is 5.56 Å². The summed E-state index contributed by atoms with van der Waals surface area (Å²) < 4.78 is 1.62. The first-order chi connectivity index (χ1) is 12.3. The Balaban J connectivity index is 1.32. The van der Waals surface area contributed by atoms with Gasteiger partial charge < -0.3 is 9.80 Å². The van der Waals surface area contributed by atoms with Gasteiger partial charge in [0.25, 0.3) is 5.56 Å². The number of hydrogen-bond donors (Lipinski definition) is 0. The minimum absolute atomic E-state index is 0.0249. The Kier molecular flexibility index (Phi) is 4.90. The summed E-state index contributed by atoms with van der Waals surface area (Å²) in [5.41, 5.74) is 1.72. The van der Waals surface area contributed by atoms with Crippen LogP contribution in [0, 0.1) is 5.92 Å². The number of aromatic nitrogens is 3. The van der Waals surface area contributed by atoms with E-state index < -0.39 is 0 Å². The van der Waals surface area contributed by atoms with Gasteiger partial charge in [-0.3, -0.25) is 9.78 Å². The molecule has 0 bridgehead atoms. The molecular weight excluding hydrogens is 314 g/mol. The Hall–Kier alpha value is -2.05. The van der Waals surface area contributed by atoms with Crippen molar-refractivity contribution in [2.24, 2.45) is 5.92 Å². The summed E-state index contributed by atoms with van der Waals surface area (Å²) in [6.45, 7) is 7.69. The molecule has 2 aromatic heterocycles. The van der Waals surface area contributed by atoms with Crippen LogP contribution in [0.25, 0.3) is 11.3 Å². The van der Waals surface area contributed by atoms with Crippen LogP contribution in [0.4, 0.5) is 0 Å². The lowest BCUT2D eigenvalue weighted by atomic mass is 10.0. The third kappa shape index (κ3) is 3.96. The Morgan fingerprint density at radius 2 is 1.84 bits per heavy atom. The second-order valence-electron chi connectivity index (χ2n) is 7.15. The fourth-order valence-electron chi connectivity index (χ4n) is 3.76. The smallest absolute Gasteiger partial charge is 0.266 e. The van der Waals surface area contributed by atoms with Crippen LogP contribution >= 0.6 is 0 Å². The van der Waals surface area contributed by atoms with E-state index in [4.69, 9.17) is 0 Å². The van der Waals surface area contributed by atoms with Crippen molar-refractivity contribution in [1.82, 2.24) is 24.6 Å². The highest BCUT2D eigenvalue weighted by molar-refractivity contribution is 5.56. The largest absolute Gasteiger partial charge is 0.302 e. The molecule has 0 aromatic carbocycles. The fourth-order valence-corrected chi connectivity index (χ4v) is 3.76. The number of pyridine rings is 1. The third-order valence-corrected chi connectivity index (χ3v) is 5.22. The third-order valence-electron chi connectivity index (χ3n) is 5.22. The number of nitrogens with zero attached hydrogens (tertiary/aromatic N) is 5. The van der Waals surface area contributed by atoms with E-state index in [1.807, 2.05) is 12.1 Å². The molecule has 2 aliphatic rings. The highest BCUT2D eigenvalue weighted by atomic mass is 16.1. The molecule has 0 amide bonds. The van der Waals surface area contributed by atoms with E-state index in [1.165, 1.54) is 32.5 Å². The fraction of sp³-hybridized carbons (Fsp3) is 0.526. The molecule has 6 nitrogen and oxygen atoms in total. The highest BCUT2D eigenvalue weighted by Gasteiger charge is 2.27. The van der Waals surface area contributed by atoms with Crippen molar-refractivity contribution in [3.8, 4) is 11.3 Å². The Morgan fingerprint density at radius 1 is 1.04 bits per heavy atom. The van der Waals surface area contributed by atoms with Crippen molar-refractivity contribution < 1.29 is 0 Å². The monoisotopic (exact) mass is 339 g/mol. The summed E-state index contributed by atoms with van der Waals surface area (Å²) in [7, 11) is 0. The molecule has 0 atom stereocenters. The van der Waals surface area contributed by atoms with Crippen molar-refractivity contribution in [3.05, 3.63) is 47.0 Å². The van der Waals surface area contributed by atoms with E-state index in [9.17, 15) is 4.79 Å². The lowest BCUT2D eigenvalue weighted by Crippen LogP contribution is -2.51. The van der Waals surface area contributed by atoms with Crippen LogP contribution in [-0.2, 0) is 6.54 Å². The normalized spacial score (nSPS) is 19.2. The van der Waals surface area contributed by atoms with E-state index in [1.54, 1.807) is 29.2 Å². The number of rotatable bonds is 6. The molecule has 0 saturated carbocycles. The van der Waals surface area contributed by atoms with Gasteiger partial charge in [-0.15, -0.1) is 0 Å². The molecule has 0 unspecified atom stereocenters. The van der Waals surface area contributed by atoms with E-state index >= 15 is 0 Å². The first-order valence-electron chi connectivity index (χ1n) is 9.21. The lowest BCUT2D eigenvalue weighted by molar-refractivity contribution is 0.0746. The second kappa shape index (κ2) is 7.45. The molecule has 6 heteroatoms. The molecule has 132 valence electrons. The van der Waals surface area contributed by atoms with Crippen molar-refractivity contribution in [2.45, 2.75) is 19.4 Å². The minimum Gasteiger partial charge on any atom is -0.302 e. The van der Waals surface area contributed by atoms with Crippen LogP contribution in [0.2, 0.25) is 0 Å². The molecule has 2 aliphatic heterocycles. The molecule has 0 radical (unpaired) electrons. The van der Waals surface area contributed by atoms with Crippen molar-refractivity contribution in [3.63, 3.8) is 0 Å². The van der Waals surface area contributed by atoms with Crippen molar-refractivity contribution >= 4 is 0 Å². The topological polar surface area (TPSA) is 54.3 Å². The molecule has 4 heterocycles. The summed E-state index contributed by atoms with van der Waals surface area (Å²) >= 11 is 0. The van der Waals surface area contributed by atoms with Crippen LogP contribution in [0.15, 0.2) is 41.5 Å². The van der Waals surface area contributed by atoms with Gasteiger partial charge in [0, 0.05) is 56.1 Å². The van der Waals surface area contributed by atoms with Gasteiger partial charge in [0.05, 0.1) is 12.2 Å². The Labute approximate surface area is 148 Å². The van der Waals surface area contributed by atoms with Gasteiger partial charge in [0.2, 0.25) is 0 Å². The lowest BCUT2D eigenvalue weighted by Gasteiger charge is -2.40. The van der Waals surface area contributed by atoms with Gasteiger partial charge in [-0.1, -0.05) is 0 Å². The zero-order chi connectivity index (χ0) is 17.1. The van der Waals surface area contributed by atoms with E-state index in [2.05, 4.69) is 19.9 Å². The molecule has 2 aromatic rings. The van der Waals surface area contributed by atoms with Gasteiger partial charge in [-0.25, -0.2) is 4.68 Å². The maximum atomic E-state index is 12.1. The predicted molar refractivity (Wildman–Crippen MR) is 97.3 cm³/mol. The molecule has 25 heavy (non-hydrogen) atoms. The van der Waals surface area contributed by atoms with Crippen LogP contribution in [0.1, 0.15) is 12.8 Å². The summed E-state index contributed by atoms with van der Waals surface area (Å²) in [4.78, 5) is 21.3. The van der Waals surface area contributed by atoms with Crippen LogP contribution in [0.3, 0.4) is 0 Å². The van der Waals surface area contributed by atoms with E-state index in [-0.39, 0.29) is 5.56 Å². The summed E-state index contributed by atoms with van der Waals surface area (Å²) in [6, 6.07) is 7.24. The molecule has 0 spiro atoms. The zero-order valence-corrected chi connectivity index (χ0v) is 14.5. The second-order valence-corrected chi connectivity index (χ2v) is 7.15. The molecule has 4 rings (SSSR count). The molecule has 2 saturated heterocycles. The summed E-state index contributed by atoms with van der Waals surface area (Å²) in [5, 5.41) is 4.54. The molecule has 0 N–H and O–H groups in total. The minimum atomic E-state index is -0.0249. The molecule has 2 fully saturated rings. The van der Waals surface area contributed by atoms with E-state index in [0.29, 0.717) is 12.5 Å². The van der Waals surface area contributed by atoms with Crippen LogP contribution in [-0.4, -0.2) is 63.8 Å². The summed E-state index contributed by atoms with van der Waals surface area (Å²) in [5.74, 6) is 0.521. The summed E-state index contributed by atoms with van der Waals surface area (Å²) in [6.07, 6.45) is 6.22. The Morgan fingerprint density at radius 3 is 2.60 bits per heavy atom. The maximum absolute atomic E-state index is 12.1. The van der Waals surface area contributed by atoms with Crippen molar-refractivity contribution in [2.75, 3.05) is 39.3 Å². The van der Waals surface area contributed by atoms with Gasteiger partial charge in [0.15, 0.2) is 0 Å². The van der Waals surface area contributed by atoms with Gasteiger partial charge in [-0.2, -0.15) is 5.10 Å². The predicted octanol–water partition coefficient (Wildman–Crippen LogP) is 1.33. The van der Waals surface area contributed by atoms with Crippen LogP contribution in [0.5, 0.6) is 0 Å². The van der Waals surface area contributed by atoms with Gasteiger partial charge in [0.1, 0.15) is 0 Å². The first kappa shape index (κ1) is 16.4. The number of hydrogen-bond acceptors (Lipinski definition) is 5. The number of likely N-dealkylation sites (tertiary alicyclic amines) is 2. The standard InChI is InChI=1S/C19H25N5O/c25-19-6-5-18(17-4-3-7-20-12-17)21-24(19)15-16-13-23(14-16)11-10-22-8-1-2-9-22/h3-7,12,16H,1-2,8-11,13-15H2. The zero-order valence-electron chi connectivity index (χ0n) is 14.5. The SMILES string of the molecule is O=c1ccc(-c2cccnc2)nn1CC1CN(CCN2CCCC2)C1. The van der Waals surface area contributed by atoms with Crippen molar-refractivity contribution in [1.29, 1.82) is 0 Å². The maximum Gasteiger partial charge on any atom is 0.266 e. The Bertz CT molecular complexity index is 748. The average molecular weight is 339 g/mol. The van der Waals surface area contributed by atoms with Gasteiger partial charge >= 0.3 is 0 Å². The first-order valence-corrected chi connectivity index (χ1v) is 9.21. The quantitative estimate of drug-likeness (QED) is 0.795. The molecular formula is C19H25N5O. The van der Waals surface area contributed by atoms with E-state index in [0.717, 1.165) is 30.9 Å².